The van der Waals surface area contributed by atoms with Gasteiger partial charge in [-0.2, -0.15) is 0 Å². The zero-order valence-electron chi connectivity index (χ0n) is 9.32. The average Bonchev–Trinajstić information content (AvgIpc) is 2.88. The number of aryl methyl sites for hydroxylation is 1. The number of amides is 1. The van der Waals surface area contributed by atoms with Crippen LogP contribution in [0.2, 0.25) is 0 Å². The predicted octanol–water partition coefficient (Wildman–Crippen LogP) is 1.02. The Morgan fingerprint density at radius 3 is 2.81 bits per heavy atom. The lowest BCUT2D eigenvalue weighted by Crippen LogP contribution is -2.49. The van der Waals surface area contributed by atoms with Gasteiger partial charge < -0.3 is 14.9 Å². The molecular weight excluding hydrogens is 208 g/mol. The second kappa shape index (κ2) is 4.25. The second-order valence-electron chi connectivity index (χ2n) is 4.43. The number of carbonyl (C=O) groups is 1. The first kappa shape index (κ1) is 11.1. The summed E-state index contributed by atoms with van der Waals surface area (Å²) in [6.45, 7) is 1.74. The standard InChI is InChI=1S/C11H16N2O3/c1-8-6-9(16-13-8)10(15)12-11(7-14)4-2-3-5-11/h6,14H,2-5,7H2,1H3,(H,12,15). The van der Waals surface area contributed by atoms with E-state index in [1.54, 1.807) is 13.0 Å². The van der Waals surface area contributed by atoms with Crippen molar-refractivity contribution >= 4 is 5.91 Å². The maximum Gasteiger partial charge on any atom is 0.290 e. The zero-order chi connectivity index (χ0) is 11.6. The van der Waals surface area contributed by atoms with Crippen LogP contribution in [0.25, 0.3) is 0 Å². The van der Waals surface area contributed by atoms with Gasteiger partial charge in [-0.25, -0.2) is 0 Å². The van der Waals surface area contributed by atoms with Crippen LogP contribution in [0.5, 0.6) is 0 Å². The van der Waals surface area contributed by atoms with Crippen molar-refractivity contribution < 1.29 is 14.4 Å². The molecule has 5 nitrogen and oxygen atoms in total. The molecule has 0 bridgehead atoms. The van der Waals surface area contributed by atoms with Gasteiger partial charge in [-0.1, -0.05) is 18.0 Å². The molecule has 1 aromatic heterocycles. The molecule has 1 aliphatic rings. The van der Waals surface area contributed by atoms with Crippen LogP contribution in [0, 0.1) is 6.92 Å². The third kappa shape index (κ3) is 2.09. The Morgan fingerprint density at radius 2 is 2.31 bits per heavy atom. The molecule has 1 aliphatic carbocycles. The summed E-state index contributed by atoms with van der Waals surface area (Å²) in [4.78, 5) is 11.8. The summed E-state index contributed by atoms with van der Waals surface area (Å²) in [7, 11) is 0. The molecule has 88 valence electrons. The van der Waals surface area contributed by atoms with Crippen LogP contribution in [0.4, 0.5) is 0 Å². The molecule has 0 aromatic carbocycles. The van der Waals surface area contributed by atoms with E-state index in [2.05, 4.69) is 10.5 Å². The molecule has 2 N–H and O–H groups in total. The molecule has 0 radical (unpaired) electrons. The molecule has 1 aromatic rings. The van der Waals surface area contributed by atoms with Crippen molar-refractivity contribution in [3.05, 3.63) is 17.5 Å². The summed E-state index contributed by atoms with van der Waals surface area (Å²) in [5.41, 5.74) is 0.215. The monoisotopic (exact) mass is 224 g/mol. The van der Waals surface area contributed by atoms with E-state index in [4.69, 9.17) is 4.52 Å². The smallest absolute Gasteiger partial charge is 0.290 e. The predicted molar refractivity (Wildman–Crippen MR) is 57.0 cm³/mol. The summed E-state index contributed by atoms with van der Waals surface area (Å²) < 4.78 is 4.88. The number of carbonyl (C=O) groups excluding carboxylic acids is 1. The number of aromatic nitrogens is 1. The minimum atomic E-state index is -0.461. The lowest BCUT2D eigenvalue weighted by atomic mass is 9.99. The first-order valence-electron chi connectivity index (χ1n) is 5.52. The van der Waals surface area contributed by atoms with Gasteiger partial charge in [-0.05, 0) is 19.8 Å². The molecule has 1 saturated carbocycles. The van der Waals surface area contributed by atoms with Gasteiger partial charge in [0.05, 0.1) is 17.8 Å². The lowest BCUT2D eigenvalue weighted by Gasteiger charge is -2.27. The fourth-order valence-electron chi connectivity index (χ4n) is 2.15. The van der Waals surface area contributed by atoms with Crippen LogP contribution in [0.1, 0.15) is 41.9 Å². The van der Waals surface area contributed by atoms with E-state index in [-0.39, 0.29) is 18.3 Å². The molecule has 0 saturated heterocycles. The lowest BCUT2D eigenvalue weighted by molar-refractivity contribution is 0.0802. The SMILES string of the molecule is Cc1cc(C(=O)NC2(CO)CCCC2)on1. The van der Waals surface area contributed by atoms with Crippen LogP contribution in [-0.4, -0.2) is 28.3 Å². The molecule has 16 heavy (non-hydrogen) atoms. The Bertz CT molecular complexity index is 380. The van der Waals surface area contributed by atoms with E-state index in [1.165, 1.54) is 0 Å². The van der Waals surface area contributed by atoms with Gasteiger partial charge in [0.2, 0.25) is 5.76 Å². The van der Waals surface area contributed by atoms with Gasteiger partial charge in [-0.3, -0.25) is 4.79 Å². The van der Waals surface area contributed by atoms with Crippen molar-refractivity contribution in [3.8, 4) is 0 Å². The molecule has 1 fully saturated rings. The van der Waals surface area contributed by atoms with E-state index in [1.807, 2.05) is 0 Å². The van der Waals surface area contributed by atoms with Crippen molar-refractivity contribution in [2.24, 2.45) is 0 Å². The number of nitrogens with one attached hydrogen (secondary N) is 1. The van der Waals surface area contributed by atoms with Crippen LogP contribution in [0.3, 0.4) is 0 Å². The van der Waals surface area contributed by atoms with E-state index >= 15 is 0 Å². The Kier molecular flexibility index (Phi) is 2.96. The second-order valence-corrected chi connectivity index (χ2v) is 4.43. The Morgan fingerprint density at radius 1 is 1.62 bits per heavy atom. The molecule has 2 rings (SSSR count). The highest BCUT2D eigenvalue weighted by Crippen LogP contribution is 2.29. The van der Waals surface area contributed by atoms with E-state index in [9.17, 15) is 9.90 Å². The van der Waals surface area contributed by atoms with E-state index in [0.29, 0.717) is 5.69 Å². The fourth-order valence-corrected chi connectivity index (χ4v) is 2.15. The summed E-state index contributed by atoms with van der Waals surface area (Å²) in [6.07, 6.45) is 3.72. The molecule has 0 atom stereocenters. The summed E-state index contributed by atoms with van der Waals surface area (Å²) in [6, 6.07) is 1.59. The number of aliphatic hydroxyl groups excluding tert-OH is 1. The number of rotatable bonds is 3. The summed E-state index contributed by atoms with van der Waals surface area (Å²) >= 11 is 0. The summed E-state index contributed by atoms with van der Waals surface area (Å²) in [5.74, 6) is -0.0891. The first-order valence-corrected chi connectivity index (χ1v) is 5.52. The highest BCUT2D eigenvalue weighted by atomic mass is 16.5. The number of hydrogen-bond donors (Lipinski definition) is 2. The van der Waals surface area contributed by atoms with Crippen LogP contribution < -0.4 is 5.32 Å². The number of hydrogen-bond acceptors (Lipinski definition) is 4. The highest BCUT2D eigenvalue weighted by Gasteiger charge is 2.35. The average molecular weight is 224 g/mol. The topological polar surface area (TPSA) is 75.4 Å². The third-order valence-electron chi connectivity index (χ3n) is 3.09. The van der Waals surface area contributed by atoms with Crippen LogP contribution in [-0.2, 0) is 0 Å². The van der Waals surface area contributed by atoms with Crippen molar-refractivity contribution in [2.45, 2.75) is 38.1 Å². The maximum atomic E-state index is 11.8. The minimum absolute atomic E-state index is 0.0220. The van der Waals surface area contributed by atoms with Crippen molar-refractivity contribution in [1.82, 2.24) is 10.5 Å². The van der Waals surface area contributed by atoms with Gasteiger partial charge in [-0.15, -0.1) is 0 Å². The minimum Gasteiger partial charge on any atom is -0.394 e. The zero-order valence-corrected chi connectivity index (χ0v) is 9.32. The molecule has 1 heterocycles. The molecule has 5 heteroatoms. The molecule has 1 amide bonds. The maximum absolute atomic E-state index is 11.8. The highest BCUT2D eigenvalue weighted by molar-refractivity contribution is 5.92. The largest absolute Gasteiger partial charge is 0.394 e. The molecular formula is C11H16N2O3. The fraction of sp³-hybridized carbons (Fsp3) is 0.636. The van der Waals surface area contributed by atoms with E-state index < -0.39 is 5.54 Å². The number of aliphatic hydroxyl groups is 1. The van der Waals surface area contributed by atoms with Crippen molar-refractivity contribution in [1.29, 1.82) is 0 Å². The van der Waals surface area contributed by atoms with E-state index in [0.717, 1.165) is 25.7 Å². The molecule has 0 unspecified atom stereocenters. The van der Waals surface area contributed by atoms with Gasteiger partial charge in [0.15, 0.2) is 0 Å². The third-order valence-corrected chi connectivity index (χ3v) is 3.09. The van der Waals surface area contributed by atoms with Crippen LogP contribution >= 0.6 is 0 Å². The van der Waals surface area contributed by atoms with Gasteiger partial charge in [0, 0.05) is 6.07 Å². The van der Waals surface area contributed by atoms with Crippen molar-refractivity contribution in [2.75, 3.05) is 6.61 Å². The quantitative estimate of drug-likeness (QED) is 0.803. The van der Waals surface area contributed by atoms with Gasteiger partial charge in [0.1, 0.15) is 0 Å². The number of nitrogens with zero attached hydrogens (tertiary/aromatic N) is 1. The first-order chi connectivity index (χ1) is 7.65. The Hall–Kier alpha value is -1.36. The molecule has 0 aliphatic heterocycles. The normalized spacial score (nSPS) is 18.6. The van der Waals surface area contributed by atoms with Gasteiger partial charge >= 0.3 is 0 Å². The Labute approximate surface area is 93.8 Å². The van der Waals surface area contributed by atoms with Gasteiger partial charge in [0.25, 0.3) is 5.91 Å². The van der Waals surface area contributed by atoms with Crippen molar-refractivity contribution in [3.63, 3.8) is 0 Å². The van der Waals surface area contributed by atoms with Crippen LogP contribution in [0.15, 0.2) is 10.6 Å². The molecule has 0 spiro atoms. The summed E-state index contributed by atoms with van der Waals surface area (Å²) in [5, 5.41) is 15.9. The Balaban J connectivity index is 2.06.